The molecule has 1 aliphatic rings. The van der Waals surface area contributed by atoms with Crippen LogP contribution in [0.1, 0.15) is 12.8 Å². The third-order valence-corrected chi connectivity index (χ3v) is 9.54. The summed E-state index contributed by atoms with van der Waals surface area (Å²) in [7, 11) is -4.98. The molecule has 2 N–H and O–H groups in total. The summed E-state index contributed by atoms with van der Waals surface area (Å²) < 4.78 is 39.3. The number of benzene rings is 1. The van der Waals surface area contributed by atoms with E-state index in [0.717, 1.165) is 12.8 Å². The zero-order chi connectivity index (χ0) is 16.5. The van der Waals surface area contributed by atoms with Gasteiger partial charge < -0.3 is 10.3 Å². The summed E-state index contributed by atoms with van der Waals surface area (Å²) >= 11 is -1.69. The third kappa shape index (κ3) is 4.72. The van der Waals surface area contributed by atoms with Crippen LogP contribution in [-0.2, 0) is 21.4 Å². The van der Waals surface area contributed by atoms with E-state index in [-0.39, 0.29) is 11.8 Å². The zero-order valence-electron chi connectivity index (χ0n) is 13.3. The largest absolute Gasteiger partial charge is 0.592 e. The Morgan fingerprint density at radius 3 is 2.27 bits per heavy atom. The molecule has 0 radical (unpaired) electrons. The van der Waals surface area contributed by atoms with Crippen LogP contribution in [-0.4, -0.2) is 36.5 Å². The first-order valence-electron chi connectivity index (χ1n) is 7.40. The number of hydrogen-bond donors (Lipinski definition) is 1. The second-order valence-electron chi connectivity index (χ2n) is 6.93. The van der Waals surface area contributed by atoms with Crippen molar-refractivity contribution in [2.45, 2.75) is 49.5 Å². The molecule has 0 bridgehead atoms. The molecule has 22 heavy (non-hydrogen) atoms. The normalized spacial score (nSPS) is 17.7. The predicted octanol–water partition coefficient (Wildman–Crippen LogP) is 2.42. The minimum absolute atomic E-state index is 0.0833. The van der Waals surface area contributed by atoms with Crippen LogP contribution < -0.4 is 5.73 Å². The number of anilines is 1. The maximum Gasteiger partial charge on any atom is 0.253 e. The van der Waals surface area contributed by atoms with E-state index in [4.69, 9.17) is 5.73 Å². The molecule has 0 spiro atoms. The molecule has 0 saturated heterocycles. The quantitative estimate of drug-likeness (QED) is 0.459. The standard InChI is InChI=1S/C14H24N2O3S2Si/c1-22(2,3)11-10-21(18,19)16(13-6-7-13)20(17)14-8-4-12(15)5-9-14/h4-5,8-9,13H,6-7,10-11,15H2,1-3H3. The van der Waals surface area contributed by atoms with Crippen LogP contribution in [0.15, 0.2) is 29.2 Å². The van der Waals surface area contributed by atoms with E-state index in [9.17, 15) is 13.0 Å². The van der Waals surface area contributed by atoms with Gasteiger partial charge in [-0.05, 0) is 46.9 Å². The van der Waals surface area contributed by atoms with Crippen LogP contribution >= 0.6 is 0 Å². The lowest BCUT2D eigenvalue weighted by Crippen LogP contribution is -2.41. The summed E-state index contributed by atoms with van der Waals surface area (Å²) in [4.78, 5) is 0.484. The molecule has 124 valence electrons. The van der Waals surface area contributed by atoms with Crippen LogP contribution in [0.2, 0.25) is 25.7 Å². The van der Waals surface area contributed by atoms with Crippen LogP contribution in [0.25, 0.3) is 0 Å². The van der Waals surface area contributed by atoms with Crippen molar-refractivity contribution in [2.75, 3.05) is 11.5 Å². The smallest absolute Gasteiger partial charge is 0.253 e. The van der Waals surface area contributed by atoms with Crippen LogP contribution in [0.3, 0.4) is 0 Å². The Morgan fingerprint density at radius 1 is 1.27 bits per heavy atom. The molecule has 1 fully saturated rings. The van der Waals surface area contributed by atoms with E-state index < -0.39 is 29.5 Å². The molecule has 0 amide bonds. The summed E-state index contributed by atoms with van der Waals surface area (Å²) in [6.45, 7) is 6.42. The monoisotopic (exact) mass is 360 g/mol. The van der Waals surface area contributed by atoms with E-state index >= 15 is 0 Å². The van der Waals surface area contributed by atoms with Crippen molar-refractivity contribution in [2.24, 2.45) is 0 Å². The third-order valence-electron chi connectivity index (χ3n) is 3.47. The number of hydrogen-bond acceptors (Lipinski definition) is 4. The van der Waals surface area contributed by atoms with Gasteiger partial charge in [0, 0.05) is 13.8 Å². The van der Waals surface area contributed by atoms with Crippen molar-refractivity contribution in [3.05, 3.63) is 24.3 Å². The Balaban J connectivity index is 2.20. The highest BCUT2D eigenvalue weighted by atomic mass is 32.3. The second kappa shape index (κ2) is 6.52. The molecule has 1 saturated carbocycles. The Bertz CT molecular complexity index is 610. The highest BCUT2D eigenvalue weighted by molar-refractivity contribution is 8.04. The fourth-order valence-corrected chi connectivity index (χ4v) is 8.66. The average molecular weight is 361 g/mol. The van der Waals surface area contributed by atoms with Gasteiger partial charge in [-0.2, -0.15) is 0 Å². The molecule has 2 rings (SSSR count). The fraction of sp³-hybridized carbons (Fsp3) is 0.571. The van der Waals surface area contributed by atoms with Crippen molar-refractivity contribution in [3.8, 4) is 0 Å². The van der Waals surface area contributed by atoms with Gasteiger partial charge in [0.15, 0.2) is 4.90 Å². The minimum Gasteiger partial charge on any atom is -0.592 e. The first kappa shape index (κ1) is 17.8. The van der Waals surface area contributed by atoms with Gasteiger partial charge in [0.2, 0.25) is 0 Å². The van der Waals surface area contributed by atoms with Crippen LogP contribution in [0, 0.1) is 0 Å². The number of nitrogens with zero attached hydrogens (tertiary/aromatic N) is 1. The Hall–Kier alpha value is -0.543. The van der Waals surface area contributed by atoms with Crippen molar-refractivity contribution >= 4 is 35.1 Å². The number of nitrogens with two attached hydrogens (primary N) is 1. The van der Waals surface area contributed by atoms with E-state index in [1.165, 1.54) is 3.71 Å². The molecule has 5 nitrogen and oxygen atoms in total. The van der Waals surface area contributed by atoms with Gasteiger partial charge in [0.25, 0.3) is 10.0 Å². The Kier molecular flexibility index (Phi) is 5.28. The van der Waals surface area contributed by atoms with Crippen LogP contribution in [0.4, 0.5) is 5.69 Å². The summed E-state index contributed by atoms with van der Waals surface area (Å²) in [5, 5.41) is 0. The lowest BCUT2D eigenvalue weighted by Gasteiger charge is -2.24. The van der Waals surface area contributed by atoms with Gasteiger partial charge in [-0.3, -0.25) is 0 Å². The van der Waals surface area contributed by atoms with E-state index in [1.807, 2.05) is 0 Å². The highest BCUT2D eigenvalue weighted by Gasteiger charge is 2.46. The average Bonchev–Trinajstić information content (AvgIpc) is 3.21. The molecule has 8 heteroatoms. The number of sulfonamides is 1. The van der Waals surface area contributed by atoms with Gasteiger partial charge in [0.05, 0.1) is 23.2 Å². The zero-order valence-corrected chi connectivity index (χ0v) is 15.9. The molecule has 1 aliphatic carbocycles. The van der Waals surface area contributed by atoms with Crippen molar-refractivity contribution in [1.29, 1.82) is 0 Å². The number of rotatable bonds is 7. The summed E-state index contributed by atoms with van der Waals surface area (Å²) in [6.07, 6.45) is 1.57. The fourth-order valence-electron chi connectivity index (χ4n) is 1.96. The van der Waals surface area contributed by atoms with Gasteiger partial charge in [-0.1, -0.05) is 19.6 Å². The minimum atomic E-state index is -3.51. The molecule has 1 unspecified atom stereocenters. The van der Waals surface area contributed by atoms with Crippen molar-refractivity contribution < 1.29 is 13.0 Å². The summed E-state index contributed by atoms with van der Waals surface area (Å²) in [5.74, 6) is 0.0833. The SMILES string of the molecule is C[Si](C)(C)CCS(=O)(=O)N(C1CC1)[S+]([O-])c1ccc(N)cc1. The van der Waals surface area contributed by atoms with Gasteiger partial charge >= 0.3 is 0 Å². The maximum atomic E-state index is 12.7. The van der Waals surface area contributed by atoms with Crippen molar-refractivity contribution in [3.63, 3.8) is 0 Å². The molecule has 0 heterocycles. The Morgan fingerprint density at radius 2 is 1.82 bits per heavy atom. The molecule has 0 aliphatic heterocycles. The second-order valence-corrected chi connectivity index (χ2v) is 16.1. The van der Waals surface area contributed by atoms with E-state index in [1.54, 1.807) is 24.3 Å². The first-order chi connectivity index (χ1) is 10.1. The lowest BCUT2D eigenvalue weighted by molar-refractivity contribution is 0.493. The number of nitrogen functional groups attached to an aromatic ring is 1. The molecular weight excluding hydrogens is 336 g/mol. The summed E-state index contributed by atoms with van der Waals surface area (Å²) in [5.41, 5.74) is 6.20. The molecule has 1 aromatic rings. The highest BCUT2D eigenvalue weighted by Crippen LogP contribution is 2.35. The molecule has 0 aromatic heterocycles. The van der Waals surface area contributed by atoms with E-state index in [0.29, 0.717) is 16.6 Å². The Labute approximate surface area is 137 Å². The molecular formula is C14H24N2O3S2Si. The predicted molar refractivity (Wildman–Crippen MR) is 94.1 cm³/mol. The topological polar surface area (TPSA) is 86.5 Å². The van der Waals surface area contributed by atoms with Gasteiger partial charge in [0.1, 0.15) is 0 Å². The molecule has 1 aromatic carbocycles. The van der Waals surface area contributed by atoms with Gasteiger partial charge in [-0.25, -0.2) is 8.42 Å². The maximum absolute atomic E-state index is 12.7. The lowest BCUT2D eigenvalue weighted by atomic mass is 10.3. The van der Waals surface area contributed by atoms with E-state index in [2.05, 4.69) is 19.6 Å². The summed E-state index contributed by atoms with van der Waals surface area (Å²) in [6, 6.07) is 7.12. The van der Waals surface area contributed by atoms with Gasteiger partial charge in [-0.15, -0.1) is 0 Å². The molecule has 1 atom stereocenters. The van der Waals surface area contributed by atoms with Crippen molar-refractivity contribution in [1.82, 2.24) is 3.71 Å². The van der Waals surface area contributed by atoms with Crippen LogP contribution in [0.5, 0.6) is 0 Å². The first-order valence-corrected chi connectivity index (χ1v) is 13.8.